The molecule has 1 amide bonds. The first-order chi connectivity index (χ1) is 16.9. The van der Waals surface area contributed by atoms with E-state index < -0.39 is 6.04 Å². The number of carbonyl (C=O) groups excluding carboxylic acids is 1. The zero-order valence-corrected chi connectivity index (χ0v) is 19.9. The fraction of sp³-hybridized carbons (Fsp3) is 0.214. The van der Waals surface area contributed by atoms with Crippen LogP contribution in [0.3, 0.4) is 0 Å². The Morgan fingerprint density at radius 1 is 1.06 bits per heavy atom. The number of nitrogens with one attached hydrogen (secondary N) is 1. The number of fused-ring (bicyclic) bond motifs is 1. The summed E-state index contributed by atoms with van der Waals surface area (Å²) in [5.74, 6) is 0.347. The number of phenolic OH excluding ortho intramolecular Hbond substituents is 2. The quantitative estimate of drug-likeness (QED) is 0.358. The van der Waals surface area contributed by atoms with Crippen molar-refractivity contribution >= 4 is 5.91 Å². The lowest BCUT2D eigenvalue weighted by molar-refractivity contribution is 0.0730. The van der Waals surface area contributed by atoms with Crippen LogP contribution in [0.2, 0.25) is 0 Å². The molecule has 178 valence electrons. The number of ether oxygens (including phenoxy) is 1. The van der Waals surface area contributed by atoms with Crippen LogP contribution in [0.1, 0.15) is 51.3 Å². The van der Waals surface area contributed by atoms with Crippen LogP contribution in [0.5, 0.6) is 17.2 Å². The number of rotatable bonds is 6. The molecule has 7 nitrogen and oxygen atoms in total. The van der Waals surface area contributed by atoms with Crippen LogP contribution >= 0.6 is 0 Å². The van der Waals surface area contributed by atoms with Gasteiger partial charge in [0.2, 0.25) is 0 Å². The van der Waals surface area contributed by atoms with E-state index >= 15 is 0 Å². The van der Waals surface area contributed by atoms with Crippen molar-refractivity contribution in [2.45, 2.75) is 33.4 Å². The van der Waals surface area contributed by atoms with Crippen LogP contribution in [0, 0.1) is 13.8 Å². The van der Waals surface area contributed by atoms with Crippen molar-refractivity contribution in [3.8, 4) is 28.5 Å². The molecule has 3 N–H and O–H groups in total. The van der Waals surface area contributed by atoms with E-state index in [1.165, 1.54) is 0 Å². The molecule has 5 rings (SSSR count). The third-order valence-corrected chi connectivity index (χ3v) is 6.36. The molecule has 3 aromatic carbocycles. The molecule has 1 aliphatic rings. The van der Waals surface area contributed by atoms with Crippen molar-refractivity contribution in [1.29, 1.82) is 0 Å². The van der Waals surface area contributed by atoms with Crippen molar-refractivity contribution in [2.75, 3.05) is 6.61 Å². The van der Waals surface area contributed by atoms with Crippen LogP contribution in [0.15, 0.2) is 60.7 Å². The van der Waals surface area contributed by atoms with Crippen LogP contribution < -0.4 is 4.74 Å². The standard InChI is InChI=1S/C28H27N3O4/c1-4-35-22-14-19(10-11-21(22)32)26-23-24(20-13-16(2)12-17(3)27(20)33)29-30-25(23)28(34)31(26)15-18-8-6-5-7-9-18/h5-14,26,32-33H,4,15H2,1-3H3,(H,29,30)/t26-/m1/s1. The summed E-state index contributed by atoms with van der Waals surface area (Å²) in [5, 5.41) is 28.6. The van der Waals surface area contributed by atoms with Gasteiger partial charge in [0.05, 0.1) is 12.6 Å². The highest BCUT2D eigenvalue weighted by atomic mass is 16.5. The molecule has 0 fully saturated rings. The van der Waals surface area contributed by atoms with Crippen molar-refractivity contribution in [2.24, 2.45) is 0 Å². The maximum absolute atomic E-state index is 13.6. The Labute approximate surface area is 203 Å². The number of phenols is 2. The number of nitrogens with zero attached hydrogens (tertiary/aromatic N) is 2. The number of benzene rings is 3. The van der Waals surface area contributed by atoms with Gasteiger partial charge in [-0.05, 0) is 61.2 Å². The summed E-state index contributed by atoms with van der Waals surface area (Å²) in [6.45, 7) is 6.43. The Kier molecular flexibility index (Phi) is 5.68. The maximum atomic E-state index is 13.6. The van der Waals surface area contributed by atoms with E-state index in [-0.39, 0.29) is 17.4 Å². The highest BCUT2D eigenvalue weighted by Crippen LogP contribution is 2.47. The van der Waals surface area contributed by atoms with Crippen molar-refractivity contribution in [3.05, 3.63) is 94.2 Å². The van der Waals surface area contributed by atoms with Gasteiger partial charge < -0.3 is 19.8 Å². The second kappa shape index (κ2) is 8.83. The van der Waals surface area contributed by atoms with E-state index in [9.17, 15) is 15.0 Å². The molecule has 35 heavy (non-hydrogen) atoms. The van der Waals surface area contributed by atoms with Gasteiger partial charge in [0.1, 0.15) is 17.1 Å². The number of amides is 1. The van der Waals surface area contributed by atoms with Gasteiger partial charge in [0.25, 0.3) is 5.91 Å². The molecule has 0 aliphatic carbocycles. The normalized spacial score (nSPS) is 14.9. The van der Waals surface area contributed by atoms with E-state index in [2.05, 4.69) is 10.2 Å². The molecule has 1 aliphatic heterocycles. The molecule has 2 heterocycles. The average molecular weight is 470 g/mol. The monoisotopic (exact) mass is 469 g/mol. The number of hydrogen-bond acceptors (Lipinski definition) is 5. The molecule has 0 unspecified atom stereocenters. The number of hydrogen-bond donors (Lipinski definition) is 3. The Morgan fingerprint density at radius 2 is 1.83 bits per heavy atom. The van der Waals surface area contributed by atoms with Crippen molar-refractivity contribution < 1.29 is 19.7 Å². The van der Waals surface area contributed by atoms with Gasteiger partial charge in [-0.1, -0.05) is 42.5 Å². The number of aryl methyl sites for hydroxylation is 2. The summed E-state index contributed by atoms with van der Waals surface area (Å²) in [6, 6.07) is 18.2. The van der Waals surface area contributed by atoms with Crippen molar-refractivity contribution in [1.82, 2.24) is 15.1 Å². The summed E-state index contributed by atoms with van der Waals surface area (Å²) in [4.78, 5) is 15.4. The Bertz CT molecular complexity index is 1410. The number of carbonyl (C=O) groups is 1. The maximum Gasteiger partial charge on any atom is 0.273 e. The molecule has 0 saturated carbocycles. The highest BCUT2D eigenvalue weighted by molar-refractivity contribution is 6.00. The topological polar surface area (TPSA) is 98.7 Å². The Balaban J connectivity index is 1.70. The molecule has 0 saturated heterocycles. The predicted molar refractivity (Wildman–Crippen MR) is 133 cm³/mol. The van der Waals surface area contributed by atoms with E-state index in [1.54, 1.807) is 23.1 Å². The third kappa shape index (κ3) is 3.89. The van der Waals surface area contributed by atoms with Crippen LogP contribution in [0.25, 0.3) is 11.3 Å². The van der Waals surface area contributed by atoms with Gasteiger partial charge >= 0.3 is 0 Å². The Morgan fingerprint density at radius 3 is 2.57 bits per heavy atom. The zero-order valence-electron chi connectivity index (χ0n) is 19.9. The lowest BCUT2D eigenvalue weighted by Gasteiger charge is -2.27. The van der Waals surface area contributed by atoms with E-state index in [1.807, 2.05) is 63.2 Å². The van der Waals surface area contributed by atoms with Gasteiger partial charge in [0.15, 0.2) is 11.5 Å². The molecule has 1 atom stereocenters. The van der Waals surface area contributed by atoms with Gasteiger partial charge in [-0.15, -0.1) is 0 Å². The molecule has 0 radical (unpaired) electrons. The minimum absolute atomic E-state index is 0.0362. The van der Waals surface area contributed by atoms with Crippen molar-refractivity contribution in [3.63, 3.8) is 0 Å². The van der Waals surface area contributed by atoms with E-state index in [0.29, 0.717) is 41.4 Å². The number of aromatic hydroxyl groups is 2. The van der Waals surface area contributed by atoms with Crippen LogP contribution in [-0.4, -0.2) is 37.8 Å². The zero-order chi connectivity index (χ0) is 24.7. The minimum Gasteiger partial charge on any atom is -0.507 e. The van der Waals surface area contributed by atoms with Gasteiger partial charge in [0, 0.05) is 17.7 Å². The molecule has 7 heteroatoms. The fourth-order valence-electron chi connectivity index (χ4n) is 4.80. The highest BCUT2D eigenvalue weighted by Gasteiger charge is 2.42. The summed E-state index contributed by atoms with van der Waals surface area (Å²) >= 11 is 0. The minimum atomic E-state index is -0.494. The molecule has 1 aromatic heterocycles. The first kappa shape index (κ1) is 22.5. The third-order valence-electron chi connectivity index (χ3n) is 6.36. The lowest BCUT2D eigenvalue weighted by atomic mass is 9.93. The molecular formula is C28H27N3O4. The van der Waals surface area contributed by atoms with Gasteiger partial charge in [-0.25, -0.2) is 0 Å². The first-order valence-corrected chi connectivity index (χ1v) is 11.6. The SMILES string of the molecule is CCOc1cc([C@@H]2c3c(-c4cc(C)cc(C)c4O)n[nH]c3C(=O)N2Cc2ccccc2)ccc1O. The van der Waals surface area contributed by atoms with Crippen LogP contribution in [-0.2, 0) is 6.54 Å². The predicted octanol–water partition coefficient (Wildman–Crippen LogP) is 5.25. The summed E-state index contributed by atoms with van der Waals surface area (Å²) in [6.07, 6.45) is 0. The fourth-order valence-corrected chi connectivity index (χ4v) is 4.80. The van der Waals surface area contributed by atoms with E-state index in [0.717, 1.165) is 22.3 Å². The van der Waals surface area contributed by atoms with Gasteiger partial charge in [-0.2, -0.15) is 5.10 Å². The summed E-state index contributed by atoms with van der Waals surface area (Å²) < 4.78 is 5.64. The second-order valence-corrected chi connectivity index (χ2v) is 8.82. The smallest absolute Gasteiger partial charge is 0.273 e. The molecule has 0 spiro atoms. The Hall–Kier alpha value is -4.26. The van der Waals surface area contributed by atoms with Gasteiger partial charge in [-0.3, -0.25) is 9.89 Å². The first-order valence-electron chi connectivity index (χ1n) is 11.6. The largest absolute Gasteiger partial charge is 0.507 e. The molecule has 4 aromatic rings. The number of aromatic amines is 1. The second-order valence-electron chi connectivity index (χ2n) is 8.82. The summed E-state index contributed by atoms with van der Waals surface area (Å²) in [5.41, 5.74) is 5.68. The van der Waals surface area contributed by atoms with Crippen LogP contribution in [0.4, 0.5) is 0 Å². The van der Waals surface area contributed by atoms with E-state index in [4.69, 9.17) is 4.74 Å². The lowest BCUT2D eigenvalue weighted by Crippen LogP contribution is -2.29. The number of H-pyrrole nitrogens is 1. The molecular weight excluding hydrogens is 442 g/mol. The molecule has 0 bridgehead atoms. The summed E-state index contributed by atoms with van der Waals surface area (Å²) in [7, 11) is 0. The number of aromatic nitrogens is 2. The average Bonchev–Trinajstić information content (AvgIpc) is 3.38.